The molecule has 0 N–H and O–H groups in total. The smallest absolute Gasteiger partial charge is 0.143 e. The molecule has 194 valence electrons. The molecule has 0 atom stereocenters. The highest BCUT2D eigenvalue weighted by molar-refractivity contribution is 6.26. The summed E-state index contributed by atoms with van der Waals surface area (Å²) in [5.41, 5.74) is 10.0. The van der Waals surface area contributed by atoms with Crippen LogP contribution in [0.2, 0.25) is 0 Å². The third-order valence-corrected chi connectivity index (χ3v) is 8.63. The zero-order valence-corrected chi connectivity index (χ0v) is 23.9. The van der Waals surface area contributed by atoms with Gasteiger partial charge in [0, 0.05) is 21.7 Å². The van der Waals surface area contributed by atoms with Crippen LogP contribution >= 0.6 is 0 Å². The highest BCUT2D eigenvalue weighted by Gasteiger charge is 2.24. The average molecular weight is 509 g/mol. The van der Waals surface area contributed by atoms with E-state index in [0.29, 0.717) is 0 Å². The van der Waals surface area contributed by atoms with E-state index in [9.17, 15) is 0 Å². The van der Waals surface area contributed by atoms with Crippen LogP contribution in [0.1, 0.15) is 70.2 Å². The van der Waals surface area contributed by atoms with Crippen molar-refractivity contribution in [1.82, 2.24) is 0 Å². The lowest BCUT2D eigenvalue weighted by molar-refractivity contribution is 0.569. The molecule has 7 rings (SSSR count). The number of furan rings is 1. The monoisotopic (exact) mass is 508 g/mol. The Morgan fingerprint density at radius 2 is 1.26 bits per heavy atom. The molecule has 5 aromatic carbocycles. The Bertz CT molecular complexity index is 1930. The second kappa shape index (κ2) is 8.33. The first-order valence-corrected chi connectivity index (χ1v) is 14.3. The number of hydrogen-bond acceptors (Lipinski definition) is 1. The van der Waals surface area contributed by atoms with Crippen LogP contribution in [-0.2, 0) is 17.3 Å². The van der Waals surface area contributed by atoms with Gasteiger partial charge in [-0.2, -0.15) is 0 Å². The second-order valence-electron chi connectivity index (χ2n) is 13.3. The minimum atomic E-state index is 0.0560. The van der Waals surface area contributed by atoms with Crippen molar-refractivity contribution in [2.75, 3.05) is 0 Å². The predicted octanol–water partition coefficient (Wildman–Crippen LogP) is 11.1. The van der Waals surface area contributed by atoms with E-state index in [0.717, 1.165) is 24.0 Å². The Morgan fingerprint density at radius 1 is 0.615 bits per heavy atom. The fourth-order valence-corrected chi connectivity index (χ4v) is 6.39. The van der Waals surface area contributed by atoms with E-state index in [1.807, 2.05) is 0 Å². The van der Waals surface area contributed by atoms with Crippen molar-refractivity contribution in [3.05, 3.63) is 101 Å². The Hall–Kier alpha value is -3.84. The zero-order chi connectivity index (χ0) is 27.1. The molecule has 1 aliphatic rings. The third kappa shape index (κ3) is 3.74. The molecule has 0 unspecified atom stereocenters. The van der Waals surface area contributed by atoms with Crippen molar-refractivity contribution in [2.45, 2.75) is 65.2 Å². The van der Waals surface area contributed by atoms with Crippen molar-refractivity contribution >= 4 is 49.6 Å². The van der Waals surface area contributed by atoms with Gasteiger partial charge < -0.3 is 4.42 Å². The summed E-state index contributed by atoms with van der Waals surface area (Å²) < 4.78 is 6.98. The van der Waals surface area contributed by atoms with Crippen LogP contribution < -0.4 is 0 Å². The lowest BCUT2D eigenvalue weighted by Crippen LogP contribution is -2.16. The van der Waals surface area contributed by atoms with E-state index < -0.39 is 0 Å². The lowest BCUT2D eigenvalue weighted by atomic mass is 9.79. The van der Waals surface area contributed by atoms with Crippen molar-refractivity contribution < 1.29 is 4.42 Å². The first-order chi connectivity index (χ1) is 18.6. The lowest BCUT2D eigenvalue weighted by Gasteiger charge is -2.26. The maximum absolute atomic E-state index is 6.98. The standard InChI is InChI=1S/C38H36O/c1-37(2,3)24-20-23(21-25(22-24)38(4,5)6)26-16-11-17-32-33-19-18-31-29-14-8-7-12-27(29)28-13-9-10-15-30(28)34(31)36(33)39-35(26)32/h7,9-13,15-22H,8,14H2,1-6H3. The molecule has 0 aliphatic heterocycles. The number of rotatable bonds is 1. The first kappa shape index (κ1) is 24.2. The molecule has 0 saturated heterocycles. The number of hydrogen-bond donors (Lipinski definition) is 0. The zero-order valence-electron chi connectivity index (χ0n) is 23.9. The largest absolute Gasteiger partial charge is 0.455 e. The Morgan fingerprint density at radius 3 is 1.97 bits per heavy atom. The molecule has 1 heteroatoms. The number of para-hydroxylation sites is 1. The number of fused-ring (bicyclic) bond motifs is 10. The van der Waals surface area contributed by atoms with Gasteiger partial charge in [-0.3, -0.25) is 0 Å². The molecule has 39 heavy (non-hydrogen) atoms. The van der Waals surface area contributed by atoms with Crippen molar-refractivity contribution in [1.29, 1.82) is 0 Å². The summed E-state index contributed by atoms with van der Waals surface area (Å²) in [6.45, 7) is 13.8. The van der Waals surface area contributed by atoms with Crippen LogP contribution in [0.15, 0.2) is 83.3 Å². The fraction of sp³-hybridized carbons (Fsp3) is 0.263. The van der Waals surface area contributed by atoms with Gasteiger partial charge in [-0.25, -0.2) is 0 Å². The van der Waals surface area contributed by atoms with Crippen LogP contribution in [0.5, 0.6) is 0 Å². The van der Waals surface area contributed by atoms with Crippen molar-refractivity contribution in [3.8, 4) is 11.1 Å². The number of allylic oxidation sites excluding steroid dienone is 1. The molecule has 0 spiro atoms. The van der Waals surface area contributed by atoms with Gasteiger partial charge in [0.2, 0.25) is 0 Å². The van der Waals surface area contributed by atoms with E-state index in [2.05, 4.69) is 126 Å². The average Bonchev–Trinajstić information content (AvgIpc) is 3.31. The van der Waals surface area contributed by atoms with Crippen molar-refractivity contribution in [2.24, 2.45) is 0 Å². The van der Waals surface area contributed by atoms with Gasteiger partial charge in [-0.1, -0.05) is 120 Å². The van der Waals surface area contributed by atoms with E-state index in [-0.39, 0.29) is 10.8 Å². The Balaban J connectivity index is 1.58. The van der Waals surface area contributed by atoms with Gasteiger partial charge in [-0.05, 0) is 73.7 Å². The molecular formula is C38H36O. The summed E-state index contributed by atoms with van der Waals surface area (Å²) in [4.78, 5) is 0. The van der Waals surface area contributed by atoms with Crippen molar-refractivity contribution in [3.63, 3.8) is 0 Å². The predicted molar refractivity (Wildman–Crippen MR) is 169 cm³/mol. The summed E-state index contributed by atoms with van der Waals surface area (Å²) in [5.74, 6) is 0. The number of aryl methyl sites for hydroxylation is 1. The summed E-state index contributed by atoms with van der Waals surface area (Å²) in [6.07, 6.45) is 6.78. The normalized spacial score (nSPS) is 14.1. The minimum Gasteiger partial charge on any atom is -0.455 e. The van der Waals surface area contributed by atoms with E-state index >= 15 is 0 Å². The van der Waals surface area contributed by atoms with Crippen LogP contribution in [0.25, 0.3) is 60.7 Å². The van der Waals surface area contributed by atoms with Gasteiger partial charge in [0.25, 0.3) is 0 Å². The molecule has 0 radical (unpaired) electrons. The molecule has 1 aromatic heterocycles. The van der Waals surface area contributed by atoms with Gasteiger partial charge in [0.1, 0.15) is 11.2 Å². The Kier molecular flexibility index (Phi) is 5.17. The maximum Gasteiger partial charge on any atom is 0.143 e. The third-order valence-electron chi connectivity index (χ3n) is 8.63. The van der Waals surface area contributed by atoms with Gasteiger partial charge >= 0.3 is 0 Å². The van der Waals surface area contributed by atoms with Crippen LogP contribution in [-0.4, -0.2) is 0 Å². The molecule has 0 bridgehead atoms. The highest BCUT2D eigenvalue weighted by atomic mass is 16.3. The van der Waals surface area contributed by atoms with Gasteiger partial charge in [0.05, 0.1) is 0 Å². The highest BCUT2D eigenvalue weighted by Crippen LogP contribution is 2.45. The van der Waals surface area contributed by atoms with Gasteiger partial charge in [-0.15, -0.1) is 0 Å². The minimum absolute atomic E-state index is 0.0560. The molecule has 0 fully saturated rings. The van der Waals surface area contributed by atoms with Crippen LogP contribution in [0, 0.1) is 0 Å². The molecule has 0 saturated carbocycles. The maximum atomic E-state index is 6.98. The summed E-state index contributed by atoms with van der Waals surface area (Å²) in [7, 11) is 0. The molecular weight excluding hydrogens is 472 g/mol. The summed E-state index contributed by atoms with van der Waals surface area (Å²) in [5, 5.41) is 7.54. The van der Waals surface area contributed by atoms with E-state index in [4.69, 9.17) is 4.42 Å². The van der Waals surface area contributed by atoms with E-state index in [1.54, 1.807) is 0 Å². The fourth-order valence-electron chi connectivity index (χ4n) is 6.39. The summed E-state index contributed by atoms with van der Waals surface area (Å²) >= 11 is 0. The van der Waals surface area contributed by atoms with E-state index in [1.165, 1.54) is 65.7 Å². The Labute approximate surface area is 231 Å². The first-order valence-electron chi connectivity index (χ1n) is 14.3. The molecule has 1 heterocycles. The molecule has 6 aromatic rings. The topological polar surface area (TPSA) is 13.1 Å². The van der Waals surface area contributed by atoms with Crippen LogP contribution in [0.4, 0.5) is 0 Å². The number of benzene rings is 5. The molecule has 1 aliphatic carbocycles. The molecule has 0 amide bonds. The quantitative estimate of drug-likeness (QED) is 0.201. The SMILES string of the molecule is CC(C)(C)c1cc(-c2cccc3c2oc2c3ccc3c4c(c5ccccc5c32)C=CCC4)cc(C(C)(C)C)c1. The van der Waals surface area contributed by atoms with Gasteiger partial charge in [0.15, 0.2) is 0 Å². The second-order valence-corrected chi connectivity index (χ2v) is 13.3. The van der Waals surface area contributed by atoms with Crippen LogP contribution in [0.3, 0.4) is 0 Å². The molecule has 1 nitrogen and oxygen atoms in total. The summed E-state index contributed by atoms with van der Waals surface area (Å²) in [6, 6.07) is 27.2.